The van der Waals surface area contributed by atoms with Gasteiger partial charge in [0.15, 0.2) is 5.43 Å². The third-order valence-electron chi connectivity index (χ3n) is 6.90. The summed E-state index contributed by atoms with van der Waals surface area (Å²) in [6, 6.07) is 21.8. The highest BCUT2D eigenvalue weighted by molar-refractivity contribution is 6.31. The quantitative estimate of drug-likeness (QED) is 0.276. The van der Waals surface area contributed by atoms with Gasteiger partial charge in [-0.15, -0.1) is 0 Å². The van der Waals surface area contributed by atoms with Gasteiger partial charge in [-0.2, -0.15) is 0 Å². The van der Waals surface area contributed by atoms with E-state index in [9.17, 15) is 9.59 Å². The molecule has 0 saturated heterocycles. The fourth-order valence-corrected chi connectivity index (χ4v) is 5.05. The summed E-state index contributed by atoms with van der Waals surface area (Å²) in [5.41, 5.74) is 2.31. The minimum Gasteiger partial charge on any atom is -0.489 e. The van der Waals surface area contributed by atoms with Gasteiger partial charge in [-0.05, 0) is 54.5 Å². The molecule has 1 atom stereocenters. The van der Waals surface area contributed by atoms with Crippen LogP contribution in [0.15, 0.2) is 82.0 Å². The van der Waals surface area contributed by atoms with Gasteiger partial charge in [0.1, 0.15) is 17.9 Å². The molecule has 2 heterocycles. The molecule has 7 heteroatoms. The highest BCUT2D eigenvalue weighted by atomic mass is 35.5. The number of benzene rings is 3. The summed E-state index contributed by atoms with van der Waals surface area (Å²) in [4.78, 5) is 31.4. The fraction of sp³-hybridized carbons (Fsp3) is 0.267. The molecule has 6 nitrogen and oxygen atoms in total. The van der Waals surface area contributed by atoms with E-state index in [2.05, 4.69) is 18.7 Å². The highest BCUT2D eigenvalue weighted by Crippen LogP contribution is 2.39. The summed E-state index contributed by atoms with van der Waals surface area (Å²) in [6.07, 6.45) is 0. The number of hydrogen-bond acceptors (Lipinski definition) is 5. The van der Waals surface area contributed by atoms with Crippen LogP contribution in [-0.2, 0) is 6.61 Å². The second-order valence-electron chi connectivity index (χ2n) is 9.09. The maximum atomic E-state index is 13.8. The largest absolute Gasteiger partial charge is 0.489 e. The van der Waals surface area contributed by atoms with Gasteiger partial charge >= 0.3 is 0 Å². The van der Waals surface area contributed by atoms with E-state index in [-0.39, 0.29) is 17.1 Å². The standard InChI is InChI=1S/C30H29ClN2O4/c1-3-32(4-2)15-16-33-27(21-11-8-12-23(17-21)36-19-20-9-6-5-7-10-20)26-28(34)24-18-22(31)13-14-25(24)37-29(26)30(33)35/h5-14,17-18,27H,3-4,15-16,19H2,1-2H3. The molecule has 0 radical (unpaired) electrons. The first-order valence-electron chi connectivity index (χ1n) is 12.6. The lowest BCUT2D eigenvalue weighted by molar-refractivity contribution is 0.0708. The molecule has 0 aliphatic carbocycles. The van der Waals surface area contributed by atoms with E-state index >= 15 is 0 Å². The zero-order valence-corrected chi connectivity index (χ0v) is 21.7. The Balaban J connectivity index is 1.56. The number of amides is 1. The Morgan fingerprint density at radius 2 is 1.76 bits per heavy atom. The molecule has 0 N–H and O–H groups in total. The van der Waals surface area contributed by atoms with Crippen molar-refractivity contribution in [3.8, 4) is 5.75 Å². The van der Waals surface area contributed by atoms with E-state index in [1.54, 1.807) is 23.1 Å². The van der Waals surface area contributed by atoms with Crippen LogP contribution in [0, 0.1) is 0 Å². The molecule has 1 aromatic heterocycles. The number of halogens is 1. The number of nitrogens with zero attached hydrogens (tertiary/aromatic N) is 2. The van der Waals surface area contributed by atoms with Gasteiger partial charge in [0.25, 0.3) is 5.91 Å². The van der Waals surface area contributed by atoms with Gasteiger partial charge in [0, 0.05) is 18.1 Å². The molecule has 0 spiro atoms. The van der Waals surface area contributed by atoms with Gasteiger partial charge in [-0.1, -0.05) is 67.9 Å². The second kappa shape index (κ2) is 10.8. The van der Waals surface area contributed by atoms with E-state index in [0.29, 0.717) is 47.0 Å². The van der Waals surface area contributed by atoms with Crippen LogP contribution in [0.4, 0.5) is 0 Å². The molecule has 3 aromatic carbocycles. The molecule has 4 aromatic rings. The van der Waals surface area contributed by atoms with Crippen LogP contribution in [0.3, 0.4) is 0 Å². The number of carbonyl (C=O) groups is 1. The lowest BCUT2D eigenvalue weighted by atomic mass is 9.98. The zero-order chi connectivity index (χ0) is 25.9. The topological polar surface area (TPSA) is 63.0 Å². The Labute approximate surface area is 221 Å². The molecule has 1 unspecified atom stereocenters. The molecule has 1 aliphatic heterocycles. The van der Waals surface area contributed by atoms with E-state index in [1.807, 2.05) is 54.6 Å². The highest BCUT2D eigenvalue weighted by Gasteiger charge is 2.42. The summed E-state index contributed by atoms with van der Waals surface area (Å²) in [5, 5.41) is 0.807. The van der Waals surface area contributed by atoms with Crippen molar-refractivity contribution in [1.29, 1.82) is 0 Å². The average Bonchev–Trinajstić information content (AvgIpc) is 3.21. The van der Waals surface area contributed by atoms with Crippen molar-refractivity contribution in [3.05, 3.63) is 110 Å². The number of hydrogen-bond donors (Lipinski definition) is 0. The number of carbonyl (C=O) groups excluding carboxylic acids is 1. The van der Waals surface area contributed by atoms with E-state index < -0.39 is 6.04 Å². The van der Waals surface area contributed by atoms with E-state index in [1.165, 1.54) is 0 Å². The van der Waals surface area contributed by atoms with Crippen LogP contribution in [0.5, 0.6) is 5.75 Å². The molecular weight excluding hydrogens is 488 g/mol. The molecule has 5 rings (SSSR count). The van der Waals surface area contributed by atoms with Gasteiger partial charge in [-0.3, -0.25) is 9.59 Å². The normalized spacial score (nSPS) is 15.0. The Morgan fingerprint density at radius 3 is 2.51 bits per heavy atom. The second-order valence-corrected chi connectivity index (χ2v) is 9.53. The van der Waals surface area contributed by atoms with Crippen molar-refractivity contribution in [2.24, 2.45) is 0 Å². The third kappa shape index (κ3) is 4.99. The van der Waals surface area contributed by atoms with Gasteiger partial charge in [0.05, 0.1) is 17.0 Å². The Kier molecular flexibility index (Phi) is 7.31. The van der Waals surface area contributed by atoms with Crippen LogP contribution in [0.2, 0.25) is 5.02 Å². The van der Waals surface area contributed by atoms with Crippen molar-refractivity contribution in [1.82, 2.24) is 9.80 Å². The maximum absolute atomic E-state index is 13.8. The average molecular weight is 517 g/mol. The van der Waals surface area contributed by atoms with Crippen LogP contribution in [0.1, 0.15) is 47.1 Å². The van der Waals surface area contributed by atoms with Crippen molar-refractivity contribution < 1.29 is 13.9 Å². The summed E-state index contributed by atoms with van der Waals surface area (Å²) < 4.78 is 12.1. The lowest BCUT2D eigenvalue weighted by Gasteiger charge is -2.28. The van der Waals surface area contributed by atoms with Crippen LogP contribution < -0.4 is 10.2 Å². The Morgan fingerprint density at radius 1 is 0.973 bits per heavy atom. The lowest BCUT2D eigenvalue weighted by Crippen LogP contribution is -2.37. The summed E-state index contributed by atoms with van der Waals surface area (Å²) in [5.74, 6) is 0.482. The predicted octanol–water partition coefficient (Wildman–Crippen LogP) is 5.91. The Bertz CT molecular complexity index is 1480. The van der Waals surface area contributed by atoms with E-state index in [4.69, 9.17) is 20.8 Å². The van der Waals surface area contributed by atoms with Crippen LogP contribution >= 0.6 is 11.6 Å². The van der Waals surface area contributed by atoms with Gasteiger partial charge in [0.2, 0.25) is 5.76 Å². The number of ether oxygens (including phenoxy) is 1. The molecule has 0 fully saturated rings. The first-order valence-corrected chi connectivity index (χ1v) is 12.9. The molecule has 0 saturated carbocycles. The summed E-state index contributed by atoms with van der Waals surface area (Å²) in [7, 11) is 0. The van der Waals surface area contributed by atoms with Crippen molar-refractivity contribution in [2.75, 3.05) is 26.2 Å². The summed E-state index contributed by atoms with van der Waals surface area (Å²) in [6.45, 7) is 7.50. The smallest absolute Gasteiger partial charge is 0.290 e. The number of fused-ring (bicyclic) bond motifs is 2. The SMILES string of the molecule is CCN(CC)CCN1C(=O)c2oc3ccc(Cl)cc3c(=O)c2C1c1cccc(OCc2ccccc2)c1. The minimum atomic E-state index is -0.585. The van der Waals surface area contributed by atoms with Crippen LogP contribution in [-0.4, -0.2) is 41.9 Å². The summed E-state index contributed by atoms with van der Waals surface area (Å²) >= 11 is 6.19. The first kappa shape index (κ1) is 25.1. The van der Waals surface area contributed by atoms with Crippen LogP contribution in [0.25, 0.3) is 11.0 Å². The van der Waals surface area contributed by atoms with Gasteiger partial charge < -0.3 is 19.0 Å². The zero-order valence-electron chi connectivity index (χ0n) is 20.9. The van der Waals surface area contributed by atoms with Crippen molar-refractivity contribution >= 4 is 28.5 Å². The minimum absolute atomic E-state index is 0.0972. The molecule has 1 amide bonds. The molecule has 1 aliphatic rings. The Hall–Kier alpha value is -3.61. The molecule has 0 bridgehead atoms. The first-order chi connectivity index (χ1) is 18.0. The fourth-order valence-electron chi connectivity index (χ4n) is 4.87. The third-order valence-corrected chi connectivity index (χ3v) is 7.14. The monoisotopic (exact) mass is 516 g/mol. The molecular formula is C30H29ClN2O4. The maximum Gasteiger partial charge on any atom is 0.290 e. The van der Waals surface area contributed by atoms with E-state index in [0.717, 1.165) is 24.2 Å². The van der Waals surface area contributed by atoms with Crippen molar-refractivity contribution in [3.63, 3.8) is 0 Å². The van der Waals surface area contributed by atoms with Crippen molar-refractivity contribution in [2.45, 2.75) is 26.5 Å². The predicted molar refractivity (Wildman–Crippen MR) is 145 cm³/mol. The molecule has 37 heavy (non-hydrogen) atoms. The number of rotatable bonds is 9. The van der Waals surface area contributed by atoms with Gasteiger partial charge in [-0.25, -0.2) is 0 Å². The number of likely N-dealkylation sites (N-methyl/N-ethyl adjacent to an activating group) is 1. The molecule has 190 valence electrons.